The molecule has 7 heteroatoms. The molecular weight excluding hydrogens is 340 g/mol. The molecule has 2 atom stereocenters. The number of hydrogen-bond acceptors (Lipinski definition) is 2. The summed E-state index contributed by atoms with van der Waals surface area (Å²) >= 11 is 12.3. The van der Waals surface area contributed by atoms with Crippen LogP contribution < -0.4 is 0 Å². The van der Waals surface area contributed by atoms with Crippen molar-refractivity contribution < 1.29 is 9.18 Å². The van der Waals surface area contributed by atoms with Crippen molar-refractivity contribution in [3.05, 3.63) is 33.7 Å². The summed E-state index contributed by atoms with van der Waals surface area (Å²) < 4.78 is 13.6. The Bertz CT molecular complexity index is 792. The number of rotatable bonds is 1. The largest absolute Gasteiger partial charge is 0.349 e. The second kappa shape index (κ2) is 5.36. The number of amides is 1. The van der Waals surface area contributed by atoms with Gasteiger partial charge in [-0.15, -0.1) is 0 Å². The molecule has 0 unspecified atom stereocenters. The summed E-state index contributed by atoms with van der Waals surface area (Å²) in [5.41, 5.74) is 0.867. The van der Waals surface area contributed by atoms with Crippen LogP contribution in [0.2, 0.25) is 10.0 Å². The van der Waals surface area contributed by atoms with Crippen molar-refractivity contribution in [2.75, 3.05) is 33.2 Å². The Labute approximate surface area is 143 Å². The van der Waals surface area contributed by atoms with Gasteiger partial charge in [0.1, 0.15) is 11.5 Å². The van der Waals surface area contributed by atoms with Gasteiger partial charge >= 0.3 is 0 Å². The number of carbonyl (C=O) groups is 1. The van der Waals surface area contributed by atoms with Crippen LogP contribution in [0, 0.1) is 17.7 Å². The predicted octanol–water partition coefficient (Wildman–Crippen LogP) is 3.25. The molecule has 23 heavy (non-hydrogen) atoms. The fraction of sp³-hybridized carbons (Fsp3) is 0.438. The number of nitrogens with zero attached hydrogens (tertiary/aromatic N) is 2. The average Bonchev–Trinajstić information content (AvgIpc) is 3.13. The van der Waals surface area contributed by atoms with Crippen molar-refractivity contribution >= 4 is 40.0 Å². The number of carbonyl (C=O) groups excluding carboxylic acids is 1. The molecule has 0 aliphatic carbocycles. The maximum Gasteiger partial charge on any atom is 0.271 e. The van der Waals surface area contributed by atoms with E-state index in [4.69, 9.17) is 23.2 Å². The minimum Gasteiger partial charge on any atom is -0.349 e. The summed E-state index contributed by atoms with van der Waals surface area (Å²) in [5, 5.41) is 0.516. The Morgan fingerprint density at radius 2 is 1.83 bits per heavy atom. The third-order valence-electron chi connectivity index (χ3n) is 4.96. The van der Waals surface area contributed by atoms with E-state index in [1.54, 1.807) is 6.07 Å². The Morgan fingerprint density at radius 3 is 2.48 bits per heavy atom. The van der Waals surface area contributed by atoms with E-state index in [0.29, 0.717) is 28.4 Å². The number of halogens is 3. The van der Waals surface area contributed by atoms with Crippen LogP contribution in [-0.4, -0.2) is 53.9 Å². The number of fused-ring (bicyclic) bond motifs is 2. The fourth-order valence-corrected chi connectivity index (χ4v) is 4.51. The second-order valence-electron chi connectivity index (χ2n) is 6.55. The third-order valence-corrected chi connectivity index (χ3v) is 5.71. The quantitative estimate of drug-likeness (QED) is 0.852. The van der Waals surface area contributed by atoms with Crippen LogP contribution in [0.1, 0.15) is 10.5 Å². The highest BCUT2D eigenvalue weighted by molar-refractivity contribution is 6.44. The van der Waals surface area contributed by atoms with Crippen LogP contribution in [0.4, 0.5) is 4.39 Å². The van der Waals surface area contributed by atoms with E-state index in [0.717, 1.165) is 26.2 Å². The lowest BCUT2D eigenvalue weighted by atomic mass is 10.0. The molecule has 1 aromatic heterocycles. The summed E-state index contributed by atoms with van der Waals surface area (Å²) in [6.07, 6.45) is 0. The maximum atomic E-state index is 13.6. The van der Waals surface area contributed by atoms with Crippen molar-refractivity contribution in [3.63, 3.8) is 0 Å². The third kappa shape index (κ3) is 2.33. The second-order valence-corrected chi connectivity index (χ2v) is 7.31. The lowest BCUT2D eigenvalue weighted by Gasteiger charge is -2.18. The van der Waals surface area contributed by atoms with Crippen LogP contribution in [0.3, 0.4) is 0 Å². The van der Waals surface area contributed by atoms with Gasteiger partial charge < -0.3 is 14.8 Å². The molecule has 0 saturated carbocycles. The number of nitrogens with one attached hydrogen (secondary N) is 1. The Balaban J connectivity index is 1.66. The van der Waals surface area contributed by atoms with Crippen LogP contribution >= 0.6 is 23.2 Å². The molecule has 122 valence electrons. The summed E-state index contributed by atoms with van der Waals surface area (Å²) in [5.74, 6) is 0.360. The fourth-order valence-electron chi connectivity index (χ4n) is 3.88. The lowest BCUT2D eigenvalue weighted by Crippen LogP contribution is -2.32. The summed E-state index contributed by atoms with van der Waals surface area (Å²) in [4.78, 5) is 19.9. The Hall–Kier alpha value is -1.30. The normalized spacial score (nSPS) is 24.6. The van der Waals surface area contributed by atoms with Crippen molar-refractivity contribution in [2.24, 2.45) is 11.8 Å². The van der Waals surface area contributed by atoms with Gasteiger partial charge in [-0.3, -0.25) is 4.79 Å². The molecule has 0 bridgehead atoms. The lowest BCUT2D eigenvalue weighted by molar-refractivity contribution is 0.0771. The molecular formula is C16H16Cl2FN3O. The molecule has 0 radical (unpaired) electrons. The number of benzene rings is 1. The van der Waals surface area contributed by atoms with Crippen LogP contribution in [0.25, 0.3) is 10.9 Å². The molecule has 4 nitrogen and oxygen atoms in total. The SMILES string of the molecule is CN1C[C@@H]2CN(C(=O)c3[nH]c4ccc(F)c(Cl)c4c3Cl)C[C@@H]2C1. The highest BCUT2D eigenvalue weighted by Gasteiger charge is 2.41. The van der Waals surface area contributed by atoms with Crippen molar-refractivity contribution in [1.29, 1.82) is 0 Å². The van der Waals surface area contributed by atoms with Crippen molar-refractivity contribution in [1.82, 2.24) is 14.8 Å². The molecule has 2 aliphatic heterocycles. The smallest absolute Gasteiger partial charge is 0.271 e. The van der Waals surface area contributed by atoms with E-state index in [-0.39, 0.29) is 16.0 Å². The zero-order chi connectivity index (χ0) is 16.3. The van der Waals surface area contributed by atoms with Gasteiger partial charge in [-0.1, -0.05) is 23.2 Å². The van der Waals surface area contributed by atoms with Gasteiger partial charge in [0.05, 0.1) is 10.0 Å². The summed E-state index contributed by atoms with van der Waals surface area (Å²) in [6, 6.07) is 2.81. The zero-order valence-electron chi connectivity index (χ0n) is 12.6. The zero-order valence-corrected chi connectivity index (χ0v) is 14.1. The van der Waals surface area contributed by atoms with E-state index in [1.807, 2.05) is 4.90 Å². The summed E-state index contributed by atoms with van der Waals surface area (Å²) in [6.45, 7) is 3.51. The molecule has 0 spiro atoms. The first-order chi connectivity index (χ1) is 11.0. The highest BCUT2D eigenvalue weighted by atomic mass is 35.5. The molecule has 4 rings (SSSR count). The molecule has 2 aliphatic rings. The van der Waals surface area contributed by atoms with Gasteiger partial charge in [0.25, 0.3) is 5.91 Å². The van der Waals surface area contributed by atoms with Gasteiger partial charge in [-0.2, -0.15) is 0 Å². The number of H-pyrrole nitrogens is 1. The topological polar surface area (TPSA) is 39.3 Å². The van der Waals surface area contributed by atoms with Crippen molar-refractivity contribution in [3.8, 4) is 0 Å². The highest BCUT2D eigenvalue weighted by Crippen LogP contribution is 2.37. The van der Waals surface area contributed by atoms with Gasteiger partial charge in [0.2, 0.25) is 0 Å². The molecule has 2 aromatic rings. The summed E-state index contributed by atoms with van der Waals surface area (Å²) in [7, 11) is 2.11. The first kappa shape index (κ1) is 15.2. The van der Waals surface area contributed by atoms with Crippen LogP contribution in [0.5, 0.6) is 0 Å². The molecule has 1 amide bonds. The molecule has 1 N–H and O–H groups in total. The van der Waals surface area contributed by atoms with Gasteiger partial charge in [-0.05, 0) is 31.0 Å². The minimum absolute atomic E-state index is 0.0530. The first-order valence-electron chi connectivity index (χ1n) is 7.58. The minimum atomic E-state index is -0.544. The molecule has 2 fully saturated rings. The van der Waals surface area contributed by atoms with Gasteiger partial charge in [0.15, 0.2) is 0 Å². The molecule has 3 heterocycles. The van der Waals surface area contributed by atoms with E-state index < -0.39 is 5.82 Å². The van der Waals surface area contributed by atoms with Crippen molar-refractivity contribution in [2.45, 2.75) is 0 Å². The number of likely N-dealkylation sites (tertiary alicyclic amines) is 2. The first-order valence-corrected chi connectivity index (χ1v) is 8.34. The molecule has 2 saturated heterocycles. The van der Waals surface area contributed by atoms with Gasteiger partial charge in [-0.25, -0.2) is 4.39 Å². The monoisotopic (exact) mass is 355 g/mol. The van der Waals surface area contributed by atoms with Crippen LogP contribution in [0.15, 0.2) is 12.1 Å². The number of hydrogen-bond donors (Lipinski definition) is 1. The van der Waals surface area contributed by atoms with Gasteiger partial charge in [0, 0.05) is 37.1 Å². The van der Waals surface area contributed by atoms with E-state index in [9.17, 15) is 9.18 Å². The number of aromatic nitrogens is 1. The maximum absolute atomic E-state index is 13.6. The van der Waals surface area contributed by atoms with E-state index >= 15 is 0 Å². The number of aromatic amines is 1. The van der Waals surface area contributed by atoms with Crippen LogP contribution in [-0.2, 0) is 0 Å². The Morgan fingerprint density at radius 1 is 1.17 bits per heavy atom. The molecule has 1 aromatic carbocycles. The predicted molar refractivity (Wildman–Crippen MR) is 88.7 cm³/mol. The standard InChI is InChI=1S/C16H16Cl2FN3O/c1-21-4-8-6-22(7-9(8)5-21)16(23)15-14(18)12-11(20-15)3-2-10(19)13(12)17/h2-3,8-9,20H,4-7H2,1H3/t8-,9+. The average molecular weight is 356 g/mol. The Kier molecular flexibility index (Phi) is 3.55. The van der Waals surface area contributed by atoms with E-state index in [2.05, 4.69) is 16.9 Å². The van der Waals surface area contributed by atoms with E-state index in [1.165, 1.54) is 6.07 Å².